The minimum absolute atomic E-state index is 0. The molecule has 2 aliphatic rings. The second-order valence-corrected chi connectivity index (χ2v) is 7.81. The first-order valence-corrected chi connectivity index (χ1v) is 10.1. The second-order valence-electron chi connectivity index (χ2n) is 7.81. The molecule has 5 rings (SSSR count). The summed E-state index contributed by atoms with van der Waals surface area (Å²) < 4.78 is 8.17. The number of piperidine rings is 1. The molecule has 1 saturated heterocycles. The lowest BCUT2D eigenvalue weighted by molar-refractivity contribution is -0.133. The van der Waals surface area contributed by atoms with Gasteiger partial charge in [0.25, 0.3) is 0 Å². The zero-order valence-electron chi connectivity index (χ0n) is 16.5. The lowest BCUT2D eigenvalue weighted by Gasteiger charge is -2.33. The molecule has 29 heavy (non-hydrogen) atoms. The fourth-order valence-corrected chi connectivity index (χ4v) is 4.39. The molecule has 1 amide bonds. The number of halogens is 1. The van der Waals surface area contributed by atoms with Gasteiger partial charge < -0.3 is 19.2 Å². The number of rotatable bonds is 3. The smallest absolute Gasteiger partial charge is 0.233 e. The van der Waals surface area contributed by atoms with Crippen LogP contribution in [-0.2, 0) is 17.9 Å². The molecular weight excluding hydrogens is 390 g/mol. The van der Waals surface area contributed by atoms with Gasteiger partial charge in [-0.25, -0.2) is 0 Å². The molecule has 2 aliphatic heterocycles. The van der Waals surface area contributed by atoms with Crippen LogP contribution >= 0.6 is 12.4 Å². The molecule has 0 radical (unpaired) electrons. The van der Waals surface area contributed by atoms with Crippen LogP contribution in [0, 0.1) is 0 Å². The third-order valence-electron chi connectivity index (χ3n) is 6.06. The molecular formula is C21H26ClN5O2. The molecule has 3 aromatic rings. The Hall–Kier alpha value is -2.38. The van der Waals surface area contributed by atoms with Crippen molar-refractivity contribution in [2.24, 2.45) is 0 Å². The number of fused-ring (bicyclic) bond motifs is 2. The van der Waals surface area contributed by atoms with E-state index in [9.17, 15) is 4.79 Å². The molecule has 154 valence electrons. The topological polar surface area (TPSA) is 76.2 Å². The Morgan fingerprint density at radius 1 is 1.21 bits per heavy atom. The number of aromatic nitrogens is 3. The monoisotopic (exact) mass is 415 g/mol. The molecule has 0 spiro atoms. The number of nitrogens with zero attached hydrogens (tertiary/aromatic N) is 4. The number of carbonyl (C=O) groups excluding carboxylic acids is 1. The number of carbonyl (C=O) groups is 1. The Morgan fingerprint density at radius 2 is 2.00 bits per heavy atom. The first kappa shape index (κ1) is 19.9. The summed E-state index contributed by atoms with van der Waals surface area (Å²) >= 11 is 0. The molecule has 1 atom stereocenters. The number of hydrogen-bond acceptors (Lipinski definition) is 5. The van der Waals surface area contributed by atoms with Gasteiger partial charge in [0.15, 0.2) is 0 Å². The van der Waals surface area contributed by atoms with E-state index in [0.29, 0.717) is 5.92 Å². The number of furan rings is 1. The van der Waals surface area contributed by atoms with Gasteiger partial charge in [-0.3, -0.25) is 4.79 Å². The van der Waals surface area contributed by atoms with Crippen molar-refractivity contribution >= 4 is 29.3 Å². The fraction of sp³-hybridized carbons (Fsp3) is 0.476. The minimum Gasteiger partial charge on any atom is -0.460 e. The van der Waals surface area contributed by atoms with Crippen molar-refractivity contribution in [2.45, 2.75) is 44.7 Å². The Balaban J connectivity index is 0.00000205. The molecule has 7 nitrogen and oxygen atoms in total. The summed E-state index contributed by atoms with van der Waals surface area (Å²) in [5.74, 6) is 3.12. The Bertz CT molecular complexity index is 973. The van der Waals surface area contributed by atoms with Crippen LogP contribution in [0.3, 0.4) is 0 Å². The van der Waals surface area contributed by atoms with Crippen LogP contribution in [0.1, 0.15) is 49.0 Å². The maximum absolute atomic E-state index is 13.0. The van der Waals surface area contributed by atoms with E-state index in [-0.39, 0.29) is 24.2 Å². The van der Waals surface area contributed by atoms with Crippen molar-refractivity contribution in [3.05, 3.63) is 47.7 Å². The van der Waals surface area contributed by atoms with Crippen LogP contribution < -0.4 is 5.32 Å². The third-order valence-corrected chi connectivity index (χ3v) is 6.06. The quantitative estimate of drug-likeness (QED) is 0.711. The summed E-state index contributed by atoms with van der Waals surface area (Å²) in [6, 6.07) is 9.88. The molecule has 0 aliphatic carbocycles. The predicted octanol–water partition coefficient (Wildman–Crippen LogP) is 3.06. The largest absolute Gasteiger partial charge is 0.460 e. The first-order valence-electron chi connectivity index (χ1n) is 10.1. The lowest BCUT2D eigenvalue weighted by Crippen LogP contribution is -2.40. The maximum Gasteiger partial charge on any atom is 0.233 e. The summed E-state index contributed by atoms with van der Waals surface area (Å²) in [7, 11) is 0. The minimum atomic E-state index is -0.268. The van der Waals surface area contributed by atoms with Crippen LogP contribution in [0.5, 0.6) is 0 Å². The predicted molar refractivity (Wildman–Crippen MR) is 112 cm³/mol. The maximum atomic E-state index is 13.0. The summed E-state index contributed by atoms with van der Waals surface area (Å²) in [6.07, 6.45) is 1.87. The van der Waals surface area contributed by atoms with Crippen molar-refractivity contribution in [1.29, 1.82) is 0 Å². The molecule has 2 aromatic heterocycles. The highest BCUT2D eigenvalue weighted by Gasteiger charge is 2.31. The highest BCUT2D eigenvalue weighted by molar-refractivity contribution is 5.86. The van der Waals surface area contributed by atoms with Gasteiger partial charge in [-0.1, -0.05) is 18.2 Å². The van der Waals surface area contributed by atoms with E-state index in [1.165, 1.54) is 0 Å². The summed E-state index contributed by atoms with van der Waals surface area (Å²) in [4.78, 5) is 15.0. The van der Waals surface area contributed by atoms with E-state index in [1.807, 2.05) is 42.2 Å². The lowest BCUT2D eigenvalue weighted by atomic mass is 9.94. The normalized spacial score (nSPS) is 18.3. The van der Waals surface area contributed by atoms with E-state index in [2.05, 4.69) is 20.1 Å². The molecule has 8 heteroatoms. The van der Waals surface area contributed by atoms with E-state index in [1.54, 1.807) is 0 Å². The zero-order chi connectivity index (χ0) is 19.1. The zero-order valence-corrected chi connectivity index (χ0v) is 17.3. The van der Waals surface area contributed by atoms with E-state index in [4.69, 9.17) is 4.42 Å². The number of hydrogen-bond donors (Lipinski definition) is 1. The molecule has 0 bridgehead atoms. The van der Waals surface area contributed by atoms with Gasteiger partial charge in [0.1, 0.15) is 23.0 Å². The van der Waals surface area contributed by atoms with Crippen LogP contribution in [-0.4, -0.2) is 45.2 Å². The van der Waals surface area contributed by atoms with Crippen molar-refractivity contribution in [3.8, 4) is 0 Å². The van der Waals surface area contributed by atoms with E-state index >= 15 is 0 Å². The molecule has 1 fully saturated rings. The van der Waals surface area contributed by atoms with Crippen LogP contribution in [0.25, 0.3) is 11.0 Å². The van der Waals surface area contributed by atoms with E-state index < -0.39 is 0 Å². The summed E-state index contributed by atoms with van der Waals surface area (Å²) in [6.45, 7) is 6.14. The van der Waals surface area contributed by atoms with Gasteiger partial charge in [0.2, 0.25) is 5.91 Å². The average molecular weight is 416 g/mol. The highest BCUT2D eigenvalue weighted by Crippen LogP contribution is 2.31. The Labute approximate surface area is 175 Å². The Morgan fingerprint density at radius 3 is 2.79 bits per heavy atom. The summed E-state index contributed by atoms with van der Waals surface area (Å²) in [5.41, 5.74) is 0.835. The highest BCUT2D eigenvalue weighted by atomic mass is 35.5. The van der Waals surface area contributed by atoms with Gasteiger partial charge in [0, 0.05) is 37.5 Å². The number of nitrogens with one attached hydrogen (secondary N) is 1. The molecule has 4 heterocycles. The Kier molecular flexibility index (Phi) is 5.61. The average Bonchev–Trinajstić information content (AvgIpc) is 3.37. The van der Waals surface area contributed by atoms with Crippen LogP contribution in [0.4, 0.5) is 0 Å². The van der Waals surface area contributed by atoms with Gasteiger partial charge >= 0.3 is 0 Å². The molecule has 0 saturated carbocycles. The van der Waals surface area contributed by atoms with Crippen molar-refractivity contribution in [1.82, 2.24) is 25.0 Å². The van der Waals surface area contributed by atoms with E-state index in [0.717, 1.165) is 73.9 Å². The fourth-order valence-electron chi connectivity index (χ4n) is 4.39. The molecule has 1 unspecified atom stereocenters. The number of para-hydroxylation sites is 1. The molecule has 1 aromatic carbocycles. The number of amides is 1. The van der Waals surface area contributed by atoms with Gasteiger partial charge in [0.05, 0.1) is 12.5 Å². The van der Waals surface area contributed by atoms with Gasteiger partial charge in [-0.05, 0) is 31.9 Å². The van der Waals surface area contributed by atoms with Crippen LogP contribution in [0.15, 0.2) is 34.7 Å². The second kappa shape index (κ2) is 8.16. The standard InChI is InChI=1S/C21H25N5O2.ClH/c1-14(18-12-16-4-2-3-5-17(16)28-18)21(27)25-9-6-15(7-10-25)20-24-23-19-13-22-8-11-26(19)20;/h2-5,12,14-15,22H,6-11,13H2,1H3;1H. The SMILES string of the molecule is CC(C(=O)N1CCC(c2nnc3n2CCNC3)CC1)c1cc2ccccc2o1.Cl. The number of likely N-dealkylation sites (tertiary alicyclic amines) is 1. The first-order chi connectivity index (χ1) is 13.7. The van der Waals surface area contributed by atoms with Crippen molar-refractivity contribution in [3.63, 3.8) is 0 Å². The van der Waals surface area contributed by atoms with Crippen LogP contribution in [0.2, 0.25) is 0 Å². The molecule has 1 N–H and O–H groups in total. The van der Waals surface area contributed by atoms with Gasteiger partial charge in [-0.2, -0.15) is 0 Å². The van der Waals surface area contributed by atoms with Crippen molar-refractivity contribution in [2.75, 3.05) is 19.6 Å². The summed E-state index contributed by atoms with van der Waals surface area (Å²) in [5, 5.41) is 13.2. The van der Waals surface area contributed by atoms with Gasteiger partial charge in [-0.15, -0.1) is 22.6 Å². The number of benzene rings is 1. The third kappa shape index (κ3) is 3.65. The van der Waals surface area contributed by atoms with Crippen molar-refractivity contribution < 1.29 is 9.21 Å².